The van der Waals surface area contributed by atoms with Crippen molar-refractivity contribution in [2.24, 2.45) is 0 Å². The Balaban J connectivity index is 2.15. The molecule has 0 radical (unpaired) electrons. The number of nitrogens with one attached hydrogen (secondary N) is 1. The van der Waals surface area contributed by atoms with E-state index in [-0.39, 0.29) is 0 Å². The number of hydrogen-bond donors (Lipinski definition) is 1. The summed E-state index contributed by atoms with van der Waals surface area (Å²) < 4.78 is 2.34. The summed E-state index contributed by atoms with van der Waals surface area (Å²) in [6.45, 7) is 4.85. The highest BCUT2D eigenvalue weighted by molar-refractivity contribution is 7.13. The van der Waals surface area contributed by atoms with Gasteiger partial charge in [-0.2, -0.15) is 0 Å². The standard InChI is InChI=1S/C7H17N2P/c10-9-6-2-1-4-8-5-3-7-9/h8H,1-7,10H2. The predicted octanol–water partition coefficient (Wildman–Crippen LogP) is 0.852. The van der Waals surface area contributed by atoms with Crippen molar-refractivity contribution in [3.05, 3.63) is 0 Å². The van der Waals surface area contributed by atoms with Crippen LogP contribution < -0.4 is 5.32 Å². The Morgan fingerprint density at radius 2 is 1.70 bits per heavy atom. The van der Waals surface area contributed by atoms with Crippen molar-refractivity contribution in [3.8, 4) is 0 Å². The van der Waals surface area contributed by atoms with Gasteiger partial charge >= 0.3 is 0 Å². The van der Waals surface area contributed by atoms with Gasteiger partial charge in [0.15, 0.2) is 0 Å². The van der Waals surface area contributed by atoms with Crippen LogP contribution in [0.2, 0.25) is 0 Å². The summed E-state index contributed by atoms with van der Waals surface area (Å²) in [6.07, 6.45) is 3.94. The Kier molecular flexibility index (Phi) is 4.27. The zero-order valence-electron chi connectivity index (χ0n) is 6.47. The summed E-state index contributed by atoms with van der Waals surface area (Å²) in [5.74, 6) is 0. The van der Waals surface area contributed by atoms with Gasteiger partial charge in [-0.1, -0.05) is 9.39 Å². The molecule has 1 rings (SSSR count). The monoisotopic (exact) mass is 160 g/mol. The van der Waals surface area contributed by atoms with Crippen molar-refractivity contribution >= 4 is 9.39 Å². The lowest BCUT2D eigenvalue weighted by Gasteiger charge is -2.13. The van der Waals surface area contributed by atoms with Gasteiger partial charge in [0.2, 0.25) is 0 Å². The lowest BCUT2D eigenvalue weighted by molar-refractivity contribution is 0.458. The van der Waals surface area contributed by atoms with E-state index in [0.717, 1.165) is 0 Å². The van der Waals surface area contributed by atoms with Gasteiger partial charge in [-0.3, -0.25) is 4.67 Å². The summed E-state index contributed by atoms with van der Waals surface area (Å²) in [5.41, 5.74) is 0. The SMILES string of the molecule is PN1CCCCNCCC1. The maximum Gasteiger partial charge on any atom is 0.00282 e. The lowest BCUT2D eigenvalue weighted by atomic mass is 10.3. The normalized spacial score (nSPS) is 24.9. The third kappa shape index (κ3) is 3.50. The smallest absolute Gasteiger partial charge is 0.00282 e. The minimum Gasteiger partial charge on any atom is -0.317 e. The molecule has 1 unspecified atom stereocenters. The van der Waals surface area contributed by atoms with E-state index < -0.39 is 0 Å². The fraction of sp³-hybridized carbons (Fsp3) is 1.00. The average Bonchev–Trinajstić information content (AvgIpc) is 2.02. The Labute approximate surface area is 65.6 Å². The Morgan fingerprint density at radius 3 is 2.60 bits per heavy atom. The molecule has 10 heavy (non-hydrogen) atoms. The van der Waals surface area contributed by atoms with Crippen LogP contribution in [0.3, 0.4) is 0 Å². The van der Waals surface area contributed by atoms with Crippen molar-refractivity contribution in [3.63, 3.8) is 0 Å². The second kappa shape index (κ2) is 5.06. The first-order valence-corrected chi connectivity index (χ1v) is 4.61. The highest BCUT2D eigenvalue weighted by Gasteiger charge is 2.00. The summed E-state index contributed by atoms with van der Waals surface area (Å²) in [7, 11) is 2.79. The average molecular weight is 160 g/mol. The zero-order chi connectivity index (χ0) is 7.23. The molecule has 1 heterocycles. The summed E-state index contributed by atoms with van der Waals surface area (Å²) in [5, 5.41) is 3.41. The van der Waals surface area contributed by atoms with Crippen LogP contribution >= 0.6 is 9.39 Å². The van der Waals surface area contributed by atoms with Gasteiger partial charge in [-0.25, -0.2) is 0 Å². The van der Waals surface area contributed by atoms with Crippen LogP contribution in [0.5, 0.6) is 0 Å². The molecule has 1 atom stereocenters. The molecular formula is C7H17N2P. The third-order valence-corrected chi connectivity index (χ3v) is 2.36. The van der Waals surface area contributed by atoms with Crippen LogP contribution in [0.4, 0.5) is 0 Å². The van der Waals surface area contributed by atoms with Crippen molar-refractivity contribution in [1.29, 1.82) is 0 Å². The molecule has 0 aromatic rings. The van der Waals surface area contributed by atoms with E-state index in [1.54, 1.807) is 0 Å². The topological polar surface area (TPSA) is 15.3 Å². The molecule has 0 aromatic carbocycles. The lowest BCUT2D eigenvalue weighted by Crippen LogP contribution is -2.18. The fourth-order valence-electron chi connectivity index (χ4n) is 1.21. The summed E-state index contributed by atoms with van der Waals surface area (Å²) >= 11 is 0. The predicted molar refractivity (Wildman–Crippen MR) is 48.0 cm³/mol. The second-order valence-corrected chi connectivity index (χ2v) is 3.58. The van der Waals surface area contributed by atoms with E-state index in [1.807, 2.05) is 0 Å². The Hall–Kier alpha value is 0.350. The molecule has 1 fully saturated rings. The molecule has 0 saturated carbocycles. The van der Waals surface area contributed by atoms with Gasteiger partial charge < -0.3 is 5.32 Å². The molecule has 0 spiro atoms. The van der Waals surface area contributed by atoms with E-state index >= 15 is 0 Å². The second-order valence-electron chi connectivity index (χ2n) is 2.85. The summed E-state index contributed by atoms with van der Waals surface area (Å²) in [6, 6.07) is 0. The molecule has 1 N–H and O–H groups in total. The molecule has 0 aliphatic carbocycles. The minimum absolute atomic E-state index is 1.19. The molecule has 2 nitrogen and oxygen atoms in total. The van der Waals surface area contributed by atoms with Crippen LogP contribution in [0.15, 0.2) is 0 Å². The largest absolute Gasteiger partial charge is 0.317 e. The van der Waals surface area contributed by atoms with Crippen molar-refractivity contribution in [2.75, 3.05) is 26.2 Å². The van der Waals surface area contributed by atoms with Gasteiger partial charge in [0, 0.05) is 13.1 Å². The van der Waals surface area contributed by atoms with Crippen molar-refractivity contribution < 1.29 is 0 Å². The van der Waals surface area contributed by atoms with Gasteiger partial charge in [-0.15, -0.1) is 0 Å². The van der Waals surface area contributed by atoms with Gasteiger partial charge in [0.1, 0.15) is 0 Å². The fourth-order valence-corrected chi connectivity index (χ4v) is 1.57. The minimum atomic E-state index is 1.19. The van der Waals surface area contributed by atoms with Gasteiger partial charge in [0.05, 0.1) is 0 Å². The zero-order valence-corrected chi connectivity index (χ0v) is 7.63. The Bertz CT molecular complexity index is 77.7. The van der Waals surface area contributed by atoms with E-state index in [0.29, 0.717) is 0 Å². The maximum atomic E-state index is 3.41. The molecule has 1 saturated heterocycles. The van der Waals surface area contributed by atoms with Crippen LogP contribution in [0, 0.1) is 0 Å². The maximum absolute atomic E-state index is 3.41. The van der Waals surface area contributed by atoms with E-state index in [2.05, 4.69) is 19.4 Å². The first-order chi connectivity index (χ1) is 4.89. The highest BCUT2D eigenvalue weighted by atomic mass is 31.0. The summed E-state index contributed by atoms with van der Waals surface area (Å²) in [4.78, 5) is 0. The van der Waals surface area contributed by atoms with E-state index in [9.17, 15) is 0 Å². The van der Waals surface area contributed by atoms with Gasteiger partial charge in [-0.05, 0) is 32.4 Å². The highest BCUT2D eigenvalue weighted by Crippen LogP contribution is 2.03. The van der Waals surface area contributed by atoms with Crippen LogP contribution in [-0.2, 0) is 0 Å². The van der Waals surface area contributed by atoms with Crippen LogP contribution in [0.1, 0.15) is 19.3 Å². The van der Waals surface area contributed by atoms with Crippen molar-refractivity contribution in [1.82, 2.24) is 9.99 Å². The van der Waals surface area contributed by atoms with Crippen LogP contribution in [0.25, 0.3) is 0 Å². The molecule has 0 bridgehead atoms. The Morgan fingerprint density at radius 1 is 1.00 bits per heavy atom. The third-order valence-electron chi connectivity index (χ3n) is 1.85. The molecule has 1 aliphatic heterocycles. The molecule has 60 valence electrons. The number of hydrogen-bond acceptors (Lipinski definition) is 2. The molecule has 0 amide bonds. The van der Waals surface area contributed by atoms with Crippen LogP contribution in [-0.4, -0.2) is 30.8 Å². The van der Waals surface area contributed by atoms with Crippen molar-refractivity contribution in [2.45, 2.75) is 19.3 Å². The van der Waals surface area contributed by atoms with E-state index in [1.165, 1.54) is 45.4 Å². The first kappa shape index (κ1) is 8.45. The molecule has 1 aliphatic rings. The van der Waals surface area contributed by atoms with Gasteiger partial charge in [0.25, 0.3) is 0 Å². The molecule has 0 aromatic heterocycles. The number of rotatable bonds is 0. The quantitative estimate of drug-likeness (QED) is 0.528. The number of nitrogens with zero attached hydrogens (tertiary/aromatic N) is 1. The van der Waals surface area contributed by atoms with E-state index in [4.69, 9.17) is 0 Å². The molecular weight excluding hydrogens is 143 g/mol. The first-order valence-electron chi connectivity index (χ1n) is 4.10. The molecule has 3 heteroatoms.